The van der Waals surface area contributed by atoms with E-state index in [1.807, 2.05) is 0 Å². The molecule has 0 amide bonds. The van der Waals surface area contributed by atoms with E-state index in [2.05, 4.69) is 11.5 Å². The maximum atomic E-state index is 4.81. The van der Waals surface area contributed by atoms with Crippen LogP contribution in [0, 0.1) is 0 Å². The fraction of sp³-hybridized carbons (Fsp3) is 0. The largest absolute Gasteiger partial charge is 0.519 e. The third-order valence-corrected chi connectivity index (χ3v) is 0. The molecule has 3 nitrogen and oxygen atoms in total. The molecule has 24 valence electrons. The molecule has 3 heteroatoms. The van der Waals surface area contributed by atoms with Crippen molar-refractivity contribution in [1.82, 2.24) is 0 Å². The van der Waals surface area contributed by atoms with Crippen LogP contribution >= 0.6 is 0 Å². The van der Waals surface area contributed by atoms with Gasteiger partial charge < -0.3 is 0 Å². The van der Waals surface area contributed by atoms with Crippen LogP contribution < -0.4 is 16.9 Å². The SMILES string of the molecule is [NH2+]=C([NH3+])[NH3+]. The summed E-state index contributed by atoms with van der Waals surface area (Å²) in [6.07, 6.45) is 0. The van der Waals surface area contributed by atoms with Gasteiger partial charge in [0.25, 0.3) is 0 Å². The van der Waals surface area contributed by atoms with E-state index in [9.17, 15) is 0 Å². The maximum absolute atomic E-state index is 4.81. The van der Waals surface area contributed by atoms with E-state index in [4.69, 9.17) is 5.41 Å². The Kier molecular flexibility index (Phi) is 0.876. The summed E-state index contributed by atoms with van der Waals surface area (Å²) in [5.74, 6) is 0.417. The lowest BCUT2D eigenvalue weighted by atomic mass is 11.1. The van der Waals surface area contributed by atoms with Crippen molar-refractivity contribution in [2.24, 2.45) is 0 Å². The van der Waals surface area contributed by atoms with Gasteiger partial charge in [0.1, 0.15) is 0 Å². The third-order valence-electron chi connectivity index (χ3n) is 0. The van der Waals surface area contributed by atoms with Crippen LogP contribution in [-0.4, -0.2) is 5.96 Å². The van der Waals surface area contributed by atoms with Crippen LogP contribution in [0.25, 0.3) is 0 Å². The molecule has 0 rings (SSSR count). The van der Waals surface area contributed by atoms with Gasteiger partial charge in [-0.25, -0.2) is 11.5 Å². The van der Waals surface area contributed by atoms with Crippen LogP contribution in [0.1, 0.15) is 0 Å². The summed E-state index contributed by atoms with van der Waals surface area (Å²) >= 11 is 0. The molecule has 0 unspecified atom stereocenters. The second-order valence-corrected chi connectivity index (χ2v) is 0.658. The molecule has 0 saturated carbocycles. The average molecular weight is 62.1 g/mol. The van der Waals surface area contributed by atoms with Crippen molar-refractivity contribution in [3.63, 3.8) is 0 Å². The molecular weight excluding hydrogens is 54.0 g/mol. The minimum absolute atomic E-state index is 0.417. The molecule has 0 saturated heterocycles. The number of quaternary nitrogens is 2. The lowest BCUT2D eigenvalue weighted by Crippen LogP contribution is -2.90. The Labute approximate surface area is 24.1 Å². The monoisotopic (exact) mass is 62.1 g/mol. The molecule has 8 N–H and O–H groups in total. The maximum Gasteiger partial charge on any atom is 0.519 e. The first-order chi connectivity index (χ1) is 1.73. The van der Waals surface area contributed by atoms with Crippen LogP contribution in [-0.2, 0) is 0 Å². The van der Waals surface area contributed by atoms with Gasteiger partial charge in [0.15, 0.2) is 0 Å². The van der Waals surface area contributed by atoms with Crippen LogP contribution in [0.5, 0.6) is 0 Å². The minimum atomic E-state index is 0.417. The van der Waals surface area contributed by atoms with Crippen LogP contribution in [0.4, 0.5) is 0 Å². The van der Waals surface area contributed by atoms with E-state index in [0.29, 0.717) is 5.96 Å². The predicted octanol–water partition coefficient (Wildman–Crippen LogP) is -4.41. The van der Waals surface area contributed by atoms with Gasteiger partial charge in [0.2, 0.25) is 0 Å². The van der Waals surface area contributed by atoms with Gasteiger partial charge in [-0.1, -0.05) is 0 Å². The zero-order valence-electron chi connectivity index (χ0n) is 2.49. The van der Waals surface area contributed by atoms with Crippen molar-refractivity contribution in [1.29, 1.82) is 0 Å². The Morgan fingerprint density at radius 3 is 1.50 bits per heavy atom. The first-order valence-corrected chi connectivity index (χ1v) is 0.996. The van der Waals surface area contributed by atoms with Gasteiger partial charge in [0.05, 0.1) is 0 Å². The number of nitrogens with two attached hydrogens (primary N) is 1. The summed E-state index contributed by atoms with van der Waals surface area (Å²) in [5.41, 5.74) is 6.44. The minimum Gasteiger partial charge on any atom is -0.218 e. The molecule has 0 spiro atoms. The van der Waals surface area contributed by atoms with Crippen molar-refractivity contribution >= 4 is 5.96 Å². The fourth-order valence-electron chi connectivity index (χ4n) is 0. The lowest BCUT2D eigenvalue weighted by Gasteiger charge is -1.46. The third kappa shape index (κ3) is 3.29. The first kappa shape index (κ1) is 3.59. The highest BCUT2D eigenvalue weighted by atomic mass is 14.9. The van der Waals surface area contributed by atoms with Crippen molar-refractivity contribution in [3.05, 3.63) is 0 Å². The Bertz CT molecular complexity index is 26.3. The Balaban J connectivity index is 2.80. The van der Waals surface area contributed by atoms with E-state index in [-0.39, 0.29) is 0 Å². The first-order valence-electron chi connectivity index (χ1n) is 0.996. The molecule has 0 aliphatic rings. The molecule has 0 radical (unpaired) electrons. The number of guanidine groups is 1. The van der Waals surface area contributed by atoms with Crippen molar-refractivity contribution in [3.8, 4) is 0 Å². The highest BCUT2D eigenvalue weighted by molar-refractivity contribution is 5.46. The van der Waals surface area contributed by atoms with Crippen LogP contribution in [0.15, 0.2) is 0 Å². The molecule has 0 aliphatic carbocycles. The normalized spacial score (nSPS) is 6.50. The fourth-order valence-corrected chi connectivity index (χ4v) is 0. The number of hydrogen-bond donors (Lipinski definition) is 3. The van der Waals surface area contributed by atoms with Gasteiger partial charge in [0, 0.05) is 0 Å². The standard InChI is InChI=1S/CH5N3/c2-1(3)4/h(H5,2,3,4)/p+3. The van der Waals surface area contributed by atoms with E-state index in [1.165, 1.54) is 0 Å². The van der Waals surface area contributed by atoms with Crippen molar-refractivity contribution in [2.75, 3.05) is 0 Å². The molecule has 4 heavy (non-hydrogen) atoms. The van der Waals surface area contributed by atoms with Crippen LogP contribution in [0.2, 0.25) is 0 Å². The quantitative estimate of drug-likeness (QED) is 0.187. The molecule has 0 aromatic rings. The van der Waals surface area contributed by atoms with E-state index in [1.54, 1.807) is 0 Å². The highest BCUT2D eigenvalue weighted by Crippen LogP contribution is 0.675. The molecule has 0 aliphatic heterocycles. The predicted molar refractivity (Wildman–Crippen MR) is 12.7 cm³/mol. The zero-order chi connectivity index (χ0) is 3.58. The summed E-state index contributed by atoms with van der Waals surface area (Å²) in [6, 6.07) is 0. The smallest absolute Gasteiger partial charge is 0.218 e. The van der Waals surface area contributed by atoms with E-state index >= 15 is 0 Å². The molecule has 0 aromatic heterocycles. The van der Waals surface area contributed by atoms with Gasteiger partial charge in [-0.05, 0) is 0 Å². The second-order valence-electron chi connectivity index (χ2n) is 0.658. The average Bonchev–Trinajstić information content (AvgIpc) is 0.811. The summed E-state index contributed by atoms with van der Waals surface area (Å²) < 4.78 is 0. The van der Waals surface area contributed by atoms with Gasteiger partial charge >= 0.3 is 5.96 Å². The van der Waals surface area contributed by atoms with Gasteiger partial charge in [-0.15, -0.1) is 0 Å². The Morgan fingerprint density at radius 2 is 1.50 bits per heavy atom. The summed E-state index contributed by atoms with van der Waals surface area (Å²) in [6.45, 7) is 0. The molecule has 0 aromatic carbocycles. The summed E-state index contributed by atoms with van der Waals surface area (Å²) in [5, 5.41) is 4.81. The molecule has 0 atom stereocenters. The Hall–Kier alpha value is -0.410. The zero-order valence-corrected chi connectivity index (χ0v) is 2.49. The summed E-state index contributed by atoms with van der Waals surface area (Å²) in [7, 11) is 0. The van der Waals surface area contributed by atoms with E-state index in [0.717, 1.165) is 0 Å². The van der Waals surface area contributed by atoms with Crippen molar-refractivity contribution in [2.45, 2.75) is 0 Å². The van der Waals surface area contributed by atoms with Gasteiger partial charge in [-0.2, -0.15) is 5.41 Å². The second kappa shape index (κ2) is 0.976. The van der Waals surface area contributed by atoms with Crippen molar-refractivity contribution < 1.29 is 16.9 Å². The molecule has 0 fully saturated rings. The number of rotatable bonds is 0. The van der Waals surface area contributed by atoms with E-state index < -0.39 is 0 Å². The number of hydrogen-bond acceptors (Lipinski definition) is 0. The van der Waals surface area contributed by atoms with Crippen LogP contribution in [0.3, 0.4) is 0 Å². The molecular formula is CH8N3+3. The Morgan fingerprint density at radius 1 is 1.50 bits per heavy atom. The summed E-state index contributed by atoms with van der Waals surface area (Å²) in [4.78, 5) is 0. The molecule has 0 bridgehead atoms. The topological polar surface area (TPSA) is 80.9 Å². The lowest BCUT2D eigenvalue weighted by molar-refractivity contribution is -0.456. The van der Waals surface area contributed by atoms with Gasteiger partial charge in [-0.3, -0.25) is 0 Å². The highest BCUT2D eigenvalue weighted by Gasteiger charge is 1.78. The molecule has 0 heterocycles.